The molecule has 0 aliphatic rings. The first-order valence-corrected chi connectivity index (χ1v) is 4.71. The van der Waals surface area contributed by atoms with Crippen molar-refractivity contribution in [3.05, 3.63) is 28.6 Å². The van der Waals surface area contributed by atoms with Crippen molar-refractivity contribution < 1.29 is 14.3 Å². The summed E-state index contributed by atoms with van der Waals surface area (Å²) in [6.07, 6.45) is -0.188. The molecular formula is C9H6BrNO3. The molecule has 1 heterocycles. The third-order valence-corrected chi connectivity index (χ3v) is 2.19. The van der Waals surface area contributed by atoms with Crippen LogP contribution >= 0.6 is 15.9 Å². The predicted molar refractivity (Wildman–Crippen MR) is 53.0 cm³/mol. The van der Waals surface area contributed by atoms with Crippen LogP contribution in [0.4, 0.5) is 0 Å². The molecule has 1 aromatic carbocycles. The van der Waals surface area contributed by atoms with Gasteiger partial charge in [-0.05, 0) is 18.2 Å². The highest BCUT2D eigenvalue weighted by molar-refractivity contribution is 9.10. The summed E-state index contributed by atoms with van der Waals surface area (Å²) in [6, 6.07) is 5.36. The third-order valence-electron chi connectivity index (χ3n) is 1.70. The van der Waals surface area contributed by atoms with Gasteiger partial charge in [0.05, 0.1) is 0 Å². The normalized spacial score (nSPS) is 10.6. The maximum absolute atomic E-state index is 10.4. The zero-order valence-electron chi connectivity index (χ0n) is 7.03. The largest absolute Gasteiger partial charge is 0.481 e. The standard InChI is InChI=1S/C9H6BrNO3/c10-5-1-2-6-7(3-5)14-8(11-6)4-9(12)13/h1-3H,4H2,(H,12,13). The van der Waals surface area contributed by atoms with Gasteiger partial charge in [-0.25, -0.2) is 4.98 Å². The molecule has 1 N–H and O–H groups in total. The van der Waals surface area contributed by atoms with Gasteiger partial charge in [0.25, 0.3) is 0 Å². The molecule has 0 atom stereocenters. The molecule has 0 unspecified atom stereocenters. The van der Waals surface area contributed by atoms with Gasteiger partial charge < -0.3 is 9.52 Å². The minimum atomic E-state index is -0.948. The van der Waals surface area contributed by atoms with Gasteiger partial charge in [-0.1, -0.05) is 15.9 Å². The highest BCUT2D eigenvalue weighted by Gasteiger charge is 2.09. The predicted octanol–water partition coefficient (Wildman–Crippen LogP) is 2.22. The molecule has 4 nitrogen and oxygen atoms in total. The average Bonchev–Trinajstić information content (AvgIpc) is 2.44. The molecule has 0 amide bonds. The molecule has 1 aromatic heterocycles. The van der Waals surface area contributed by atoms with Crippen LogP contribution in [0.3, 0.4) is 0 Å². The molecule has 0 spiro atoms. The van der Waals surface area contributed by atoms with E-state index in [9.17, 15) is 4.79 Å². The zero-order valence-corrected chi connectivity index (χ0v) is 8.61. The number of fused-ring (bicyclic) bond motifs is 1. The summed E-state index contributed by atoms with van der Waals surface area (Å²) in [6.45, 7) is 0. The van der Waals surface area contributed by atoms with Crippen LogP contribution in [0.2, 0.25) is 0 Å². The highest BCUT2D eigenvalue weighted by atomic mass is 79.9. The van der Waals surface area contributed by atoms with Crippen molar-refractivity contribution in [3.8, 4) is 0 Å². The number of hydrogen-bond donors (Lipinski definition) is 1. The van der Waals surface area contributed by atoms with Crippen LogP contribution in [0.25, 0.3) is 11.1 Å². The van der Waals surface area contributed by atoms with E-state index in [2.05, 4.69) is 20.9 Å². The Labute approximate surface area is 87.7 Å². The number of carbonyl (C=O) groups is 1. The van der Waals surface area contributed by atoms with E-state index in [1.807, 2.05) is 6.07 Å². The number of rotatable bonds is 2. The average molecular weight is 256 g/mol. The number of aliphatic carboxylic acids is 1. The number of nitrogens with zero attached hydrogens (tertiary/aromatic N) is 1. The lowest BCUT2D eigenvalue weighted by molar-refractivity contribution is -0.136. The van der Waals surface area contributed by atoms with E-state index in [0.29, 0.717) is 11.1 Å². The maximum atomic E-state index is 10.4. The number of benzene rings is 1. The molecule has 0 aliphatic heterocycles. The van der Waals surface area contributed by atoms with Gasteiger partial charge in [0.1, 0.15) is 11.9 Å². The zero-order chi connectivity index (χ0) is 10.1. The van der Waals surface area contributed by atoms with Crippen LogP contribution in [0.1, 0.15) is 5.89 Å². The lowest BCUT2D eigenvalue weighted by Gasteiger charge is -1.86. The monoisotopic (exact) mass is 255 g/mol. The summed E-state index contributed by atoms with van der Waals surface area (Å²) in [4.78, 5) is 14.4. The van der Waals surface area contributed by atoms with Crippen molar-refractivity contribution in [1.29, 1.82) is 0 Å². The second-order valence-corrected chi connectivity index (χ2v) is 3.71. The molecule has 0 aliphatic carbocycles. The third kappa shape index (κ3) is 1.77. The maximum Gasteiger partial charge on any atom is 0.312 e. The van der Waals surface area contributed by atoms with Crippen LogP contribution in [-0.4, -0.2) is 16.1 Å². The summed E-state index contributed by atoms with van der Waals surface area (Å²) >= 11 is 3.29. The fourth-order valence-corrected chi connectivity index (χ4v) is 1.49. The lowest BCUT2D eigenvalue weighted by Crippen LogP contribution is -1.99. The van der Waals surface area contributed by atoms with Crippen LogP contribution < -0.4 is 0 Å². The molecule has 0 saturated heterocycles. The van der Waals surface area contributed by atoms with E-state index in [1.165, 1.54) is 0 Å². The van der Waals surface area contributed by atoms with Crippen molar-refractivity contribution in [3.63, 3.8) is 0 Å². The van der Waals surface area contributed by atoms with Gasteiger partial charge in [0.15, 0.2) is 5.58 Å². The molecule has 0 radical (unpaired) electrons. The van der Waals surface area contributed by atoms with E-state index >= 15 is 0 Å². The number of halogens is 1. The Morgan fingerprint density at radius 2 is 2.36 bits per heavy atom. The van der Waals surface area contributed by atoms with Crippen LogP contribution in [-0.2, 0) is 11.2 Å². The summed E-state index contributed by atoms with van der Waals surface area (Å²) < 4.78 is 6.12. The number of aromatic nitrogens is 1. The summed E-state index contributed by atoms with van der Waals surface area (Å²) in [7, 11) is 0. The van der Waals surface area contributed by atoms with Gasteiger partial charge in [-0.2, -0.15) is 0 Å². The second kappa shape index (κ2) is 3.42. The van der Waals surface area contributed by atoms with Gasteiger partial charge in [0, 0.05) is 4.47 Å². The summed E-state index contributed by atoms with van der Waals surface area (Å²) in [5.74, 6) is -0.721. The van der Waals surface area contributed by atoms with Crippen LogP contribution in [0.15, 0.2) is 27.1 Å². The van der Waals surface area contributed by atoms with Crippen molar-refractivity contribution in [2.45, 2.75) is 6.42 Å². The Kier molecular flexibility index (Phi) is 2.25. The quantitative estimate of drug-likeness (QED) is 0.894. The molecule has 72 valence electrons. The van der Waals surface area contributed by atoms with Gasteiger partial charge >= 0.3 is 5.97 Å². The Hall–Kier alpha value is -1.36. The number of carboxylic acids is 1. The minimum absolute atomic E-state index is 0.188. The van der Waals surface area contributed by atoms with Crippen molar-refractivity contribution in [2.24, 2.45) is 0 Å². The van der Waals surface area contributed by atoms with E-state index in [-0.39, 0.29) is 12.3 Å². The van der Waals surface area contributed by atoms with Crippen molar-refractivity contribution >= 4 is 33.0 Å². The van der Waals surface area contributed by atoms with Crippen LogP contribution in [0, 0.1) is 0 Å². The topological polar surface area (TPSA) is 63.3 Å². The Bertz CT molecular complexity index is 492. The van der Waals surface area contributed by atoms with E-state index in [0.717, 1.165) is 4.47 Å². The molecule has 0 fully saturated rings. The van der Waals surface area contributed by atoms with Crippen molar-refractivity contribution in [2.75, 3.05) is 0 Å². The van der Waals surface area contributed by atoms with Crippen molar-refractivity contribution in [1.82, 2.24) is 4.98 Å². The minimum Gasteiger partial charge on any atom is -0.481 e. The molecular weight excluding hydrogens is 250 g/mol. The molecule has 0 bridgehead atoms. The SMILES string of the molecule is O=C(O)Cc1nc2ccc(Br)cc2o1. The lowest BCUT2D eigenvalue weighted by atomic mass is 10.3. The van der Waals surface area contributed by atoms with E-state index in [1.54, 1.807) is 12.1 Å². The number of oxazole rings is 1. The molecule has 2 rings (SSSR count). The van der Waals surface area contributed by atoms with E-state index < -0.39 is 5.97 Å². The molecule has 5 heteroatoms. The Morgan fingerprint density at radius 1 is 1.57 bits per heavy atom. The van der Waals surface area contributed by atoms with E-state index in [4.69, 9.17) is 9.52 Å². The highest BCUT2D eigenvalue weighted by Crippen LogP contribution is 2.20. The first-order valence-electron chi connectivity index (χ1n) is 3.92. The second-order valence-electron chi connectivity index (χ2n) is 2.79. The summed E-state index contributed by atoms with van der Waals surface area (Å²) in [5, 5.41) is 8.54. The Balaban J connectivity index is 2.46. The van der Waals surface area contributed by atoms with Gasteiger partial charge in [0.2, 0.25) is 5.89 Å². The first-order chi connectivity index (χ1) is 6.65. The number of carboxylic acid groups (broad SMARTS) is 1. The molecule has 2 aromatic rings. The molecule has 0 saturated carbocycles. The van der Waals surface area contributed by atoms with Crippen LogP contribution in [0.5, 0.6) is 0 Å². The smallest absolute Gasteiger partial charge is 0.312 e. The fraction of sp³-hybridized carbons (Fsp3) is 0.111. The number of hydrogen-bond acceptors (Lipinski definition) is 3. The van der Waals surface area contributed by atoms with Gasteiger partial charge in [-0.3, -0.25) is 4.79 Å². The summed E-state index contributed by atoms with van der Waals surface area (Å²) in [5.41, 5.74) is 1.26. The van der Waals surface area contributed by atoms with Gasteiger partial charge in [-0.15, -0.1) is 0 Å². The molecule has 14 heavy (non-hydrogen) atoms. The first kappa shape index (κ1) is 9.21. The fourth-order valence-electron chi connectivity index (χ4n) is 1.15. The Morgan fingerprint density at radius 3 is 3.07 bits per heavy atom.